The molecule has 0 saturated carbocycles. The Morgan fingerprint density at radius 2 is 2.03 bits per heavy atom. The fourth-order valence-corrected chi connectivity index (χ4v) is 4.09. The molecule has 0 spiro atoms. The zero-order valence-electron chi connectivity index (χ0n) is 16.7. The quantitative estimate of drug-likeness (QED) is 0.374. The summed E-state index contributed by atoms with van der Waals surface area (Å²) in [4.78, 5) is 14.2. The van der Waals surface area contributed by atoms with Gasteiger partial charge in [0.1, 0.15) is 12.3 Å². The van der Waals surface area contributed by atoms with E-state index in [4.69, 9.17) is 33.3 Å². The van der Waals surface area contributed by atoms with Crippen molar-refractivity contribution >= 4 is 56.8 Å². The minimum absolute atomic E-state index is 0.128. The minimum Gasteiger partial charge on any atom is -0.490 e. The number of rotatable bonds is 8. The standard InChI is InChI=1S/C22H22BrClN2O3S/c1-3-8-26-21(27)18(25-22(26)30)11-15-10-17(23)20(19(12-15)28-4-2)29-13-14-6-5-7-16(24)9-14/h5-7,9-12H,3-4,8,13H2,1-2H3,(H,25,30)/b18-11-. The first-order valence-corrected chi connectivity index (χ1v) is 11.2. The number of ether oxygens (including phenoxy) is 2. The Morgan fingerprint density at radius 1 is 1.23 bits per heavy atom. The van der Waals surface area contributed by atoms with Crippen LogP contribution in [0.3, 0.4) is 0 Å². The van der Waals surface area contributed by atoms with E-state index in [0.717, 1.165) is 22.0 Å². The van der Waals surface area contributed by atoms with Gasteiger partial charge >= 0.3 is 0 Å². The van der Waals surface area contributed by atoms with Crippen LogP contribution in [0, 0.1) is 0 Å². The highest BCUT2D eigenvalue weighted by Crippen LogP contribution is 2.38. The van der Waals surface area contributed by atoms with E-state index in [1.165, 1.54) is 0 Å². The Kier molecular flexibility index (Phi) is 7.75. The summed E-state index contributed by atoms with van der Waals surface area (Å²) in [7, 11) is 0. The molecular formula is C22H22BrClN2O3S. The van der Waals surface area contributed by atoms with Crippen molar-refractivity contribution in [2.45, 2.75) is 26.9 Å². The van der Waals surface area contributed by atoms with Gasteiger partial charge in [-0.05, 0) is 83.0 Å². The van der Waals surface area contributed by atoms with Gasteiger partial charge in [0.2, 0.25) is 0 Å². The number of hydrogen-bond acceptors (Lipinski definition) is 4. The predicted octanol–water partition coefficient (Wildman–Crippen LogP) is 5.55. The topological polar surface area (TPSA) is 50.8 Å². The number of carbonyl (C=O) groups is 1. The van der Waals surface area contributed by atoms with E-state index in [0.29, 0.717) is 47.1 Å². The molecule has 1 aliphatic rings. The van der Waals surface area contributed by atoms with Crippen LogP contribution >= 0.6 is 39.7 Å². The number of thiocarbonyl (C=S) groups is 1. The maximum atomic E-state index is 12.6. The summed E-state index contributed by atoms with van der Waals surface area (Å²) in [6, 6.07) is 11.2. The average Bonchev–Trinajstić information content (AvgIpc) is 2.95. The summed E-state index contributed by atoms with van der Waals surface area (Å²) in [5.41, 5.74) is 2.18. The van der Waals surface area contributed by atoms with E-state index in [2.05, 4.69) is 21.2 Å². The molecule has 1 saturated heterocycles. The van der Waals surface area contributed by atoms with Crippen LogP contribution in [0.15, 0.2) is 46.6 Å². The van der Waals surface area contributed by atoms with Crippen molar-refractivity contribution in [1.29, 1.82) is 0 Å². The Labute approximate surface area is 195 Å². The Bertz CT molecular complexity index is 996. The van der Waals surface area contributed by atoms with Gasteiger partial charge in [0.05, 0.1) is 11.1 Å². The molecule has 1 N–H and O–H groups in total. The van der Waals surface area contributed by atoms with Crippen molar-refractivity contribution < 1.29 is 14.3 Å². The van der Waals surface area contributed by atoms with Gasteiger partial charge in [-0.25, -0.2) is 0 Å². The van der Waals surface area contributed by atoms with Crippen LogP contribution in [0.1, 0.15) is 31.4 Å². The number of hydrogen-bond donors (Lipinski definition) is 1. The van der Waals surface area contributed by atoms with Gasteiger partial charge < -0.3 is 14.8 Å². The van der Waals surface area contributed by atoms with E-state index in [1.54, 1.807) is 11.0 Å². The Morgan fingerprint density at radius 3 is 2.73 bits per heavy atom. The molecule has 0 atom stereocenters. The second-order valence-corrected chi connectivity index (χ2v) is 8.30. The van der Waals surface area contributed by atoms with Crippen molar-refractivity contribution in [1.82, 2.24) is 10.2 Å². The number of amides is 1. The van der Waals surface area contributed by atoms with Gasteiger partial charge in [-0.1, -0.05) is 30.7 Å². The largest absolute Gasteiger partial charge is 0.490 e. The van der Waals surface area contributed by atoms with Crippen LogP contribution in [0.25, 0.3) is 6.08 Å². The van der Waals surface area contributed by atoms with Crippen LogP contribution in [0.2, 0.25) is 5.02 Å². The second-order valence-electron chi connectivity index (χ2n) is 6.63. The van der Waals surface area contributed by atoms with Crippen molar-refractivity contribution in [3.63, 3.8) is 0 Å². The predicted molar refractivity (Wildman–Crippen MR) is 127 cm³/mol. The highest BCUT2D eigenvalue weighted by molar-refractivity contribution is 9.10. The summed E-state index contributed by atoms with van der Waals surface area (Å²) in [5, 5.41) is 4.08. The number of benzene rings is 2. The van der Waals surface area contributed by atoms with Gasteiger partial charge in [0, 0.05) is 11.6 Å². The van der Waals surface area contributed by atoms with Crippen LogP contribution in [-0.2, 0) is 11.4 Å². The third-order valence-electron chi connectivity index (χ3n) is 4.32. The average molecular weight is 510 g/mol. The lowest BCUT2D eigenvalue weighted by Gasteiger charge is -2.15. The Balaban J connectivity index is 1.86. The highest BCUT2D eigenvalue weighted by Gasteiger charge is 2.29. The third-order valence-corrected chi connectivity index (χ3v) is 5.47. The van der Waals surface area contributed by atoms with Crippen LogP contribution in [0.5, 0.6) is 11.5 Å². The zero-order valence-corrected chi connectivity index (χ0v) is 19.9. The molecule has 2 aromatic carbocycles. The molecule has 1 aliphatic heterocycles. The summed E-state index contributed by atoms with van der Waals surface area (Å²) in [6.07, 6.45) is 2.60. The summed E-state index contributed by atoms with van der Waals surface area (Å²) < 4.78 is 12.5. The third kappa shape index (κ3) is 5.33. The number of carbonyl (C=O) groups excluding carboxylic acids is 1. The lowest BCUT2D eigenvalue weighted by atomic mass is 10.1. The number of halogens is 2. The lowest BCUT2D eigenvalue weighted by Crippen LogP contribution is -2.31. The maximum absolute atomic E-state index is 12.6. The first kappa shape index (κ1) is 22.6. The molecule has 30 heavy (non-hydrogen) atoms. The van der Waals surface area contributed by atoms with E-state index < -0.39 is 0 Å². The molecule has 1 amide bonds. The summed E-state index contributed by atoms with van der Waals surface area (Å²) in [6.45, 7) is 5.33. The van der Waals surface area contributed by atoms with Crippen LogP contribution in [0.4, 0.5) is 0 Å². The van der Waals surface area contributed by atoms with Gasteiger partial charge in [0.15, 0.2) is 16.6 Å². The summed E-state index contributed by atoms with van der Waals surface area (Å²) in [5.74, 6) is 1.05. The zero-order chi connectivity index (χ0) is 21.7. The fourth-order valence-electron chi connectivity index (χ4n) is 3.02. The summed E-state index contributed by atoms with van der Waals surface area (Å²) >= 11 is 14.9. The Hall–Kier alpha value is -2.09. The molecule has 3 rings (SSSR count). The van der Waals surface area contributed by atoms with Crippen molar-refractivity contribution in [2.75, 3.05) is 13.2 Å². The number of nitrogens with zero attached hydrogens (tertiary/aromatic N) is 1. The van der Waals surface area contributed by atoms with E-state index >= 15 is 0 Å². The monoisotopic (exact) mass is 508 g/mol. The van der Waals surface area contributed by atoms with Gasteiger partial charge in [-0.15, -0.1) is 0 Å². The second kappa shape index (κ2) is 10.3. The SMILES string of the molecule is CCCN1C(=O)/C(=C/c2cc(Br)c(OCc3cccc(Cl)c3)c(OCC)c2)NC1=S. The lowest BCUT2D eigenvalue weighted by molar-refractivity contribution is -0.122. The van der Waals surface area contributed by atoms with Crippen molar-refractivity contribution in [3.05, 3.63) is 62.7 Å². The van der Waals surface area contributed by atoms with Crippen LogP contribution in [-0.4, -0.2) is 29.1 Å². The van der Waals surface area contributed by atoms with E-state index in [1.807, 2.05) is 50.2 Å². The van der Waals surface area contributed by atoms with Gasteiger partial charge in [-0.2, -0.15) is 0 Å². The van der Waals surface area contributed by atoms with Crippen LogP contribution < -0.4 is 14.8 Å². The molecule has 1 heterocycles. The fraction of sp³-hybridized carbons (Fsp3) is 0.273. The molecule has 0 bridgehead atoms. The molecular weight excluding hydrogens is 488 g/mol. The molecule has 0 unspecified atom stereocenters. The van der Waals surface area contributed by atoms with E-state index in [9.17, 15) is 4.79 Å². The van der Waals surface area contributed by atoms with E-state index in [-0.39, 0.29) is 5.91 Å². The highest BCUT2D eigenvalue weighted by atomic mass is 79.9. The number of nitrogens with one attached hydrogen (secondary N) is 1. The molecule has 0 aromatic heterocycles. The van der Waals surface area contributed by atoms with Gasteiger partial charge in [-0.3, -0.25) is 9.69 Å². The molecule has 0 aliphatic carbocycles. The maximum Gasteiger partial charge on any atom is 0.276 e. The first-order chi connectivity index (χ1) is 14.4. The first-order valence-electron chi connectivity index (χ1n) is 9.61. The molecule has 0 radical (unpaired) electrons. The van der Waals surface area contributed by atoms with Crippen molar-refractivity contribution in [2.24, 2.45) is 0 Å². The molecule has 2 aromatic rings. The minimum atomic E-state index is -0.128. The molecule has 1 fully saturated rings. The molecule has 8 heteroatoms. The van der Waals surface area contributed by atoms with Gasteiger partial charge in [0.25, 0.3) is 5.91 Å². The van der Waals surface area contributed by atoms with Crippen molar-refractivity contribution in [3.8, 4) is 11.5 Å². The molecule has 158 valence electrons. The molecule has 5 nitrogen and oxygen atoms in total. The normalized spacial score (nSPS) is 14.9. The smallest absolute Gasteiger partial charge is 0.276 e.